The Hall–Kier alpha value is -5.26. The number of nitrogens with zero attached hydrogens (tertiary/aromatic N) is 1. The van der Waals surface area contributed by atoms with Crippen LogP contribution in [0.4, 0.5) is 22.9 Å². The van der Waals surface area contributed by atoms with Gasteiger partial charge in [-0.05, 0) is 50.1 Å². The van der Waals surface area contributed by atoms with Gasteiger partial charge >= 0.3 is 0 Å². The molecule has 1 heterocycles. The van der Waals surface area contributed by atoms with Gasteiger partial charge in [-0.25, -0.2) is 4.98 Å². The smallest absolute Gasteiger partial charge is 0.155 e. The Morgan fingerprint density at radius 1 is 0.860 bits per heavy atom. The van der Waals surface area contributed by atoms with Gasteiger partial charge in [-0.2, -0.15) is 0 Å². The lowest BCUT2D eigenvalue weighted by Crippen LogP contribution is -2.18. The number of allylic oxidation sites excluding steroid dienone is 7. The fraction of sp³-hybridized carbons (Fsp3) is 0.105. The van der Waals surface area contributed by atoms with E-state index in [2.05, 4.69) is 48.4 Å². The van der Waals surface area contributed by atoms with Crippen LogP contribution in [0.1, 0.15) is 42.3 Å². The molecule has 5 nitrogen and oxygen atoms in total. The van der Waals surface area contributed by atoms with E-state index >= 15 is 0 Å². The van der Waals surface area contributed by atoms with Gasteiger partial charge in [0.05, 0.1) is 23.1 Å². The van der Waals surface area contributed by atoms with E-state index in [1.165, 1.54) is 0 Å². The number of hydrogen-bond acceptors (Lipinski definition) is 5. The molecular formula is C38H39N5. The minimum atomic E-state index is -0.538. The normalized spacial score (nSPS) is 12.4. The summed E-state index contributed by atoms with van der Waals surface area (Å²) in [5.74, 6) is 0.571. The molecule has 5 N–H and O–H groups in total. The van der Waals surface area contributed by atoms with Crippen molar-refractivity contribution in [2.24, 2.45) is 5.73 Å². The zero-order chi connectivity index (χ0) is 30.6. The molecule has 0 saturated carbocycles. The van der Waals surface area contributed by atoms with E-state index in [1.54, 1.807) is 12.2 Å². The molecule has 4 aromatic rings. The van der Waals surface area contributed by atoms with Crippen LogP contribution in [0.25, 0.3) is 17.2 Å². The van der Waals surface area contributed by atoms with Crippen LogP contribution < -0.4 is 16.4 Å². The van der Waals surface area contributed by atoms with Gasteiger partial charge in [0, 0.05) is 28.1 Å². The van der Waals surface area contributed by atoms with E-state index in [9.17, 15) is 5.41 Å². The fourth-order valence-corrected chi connectivity index (χ4v) is 4.77. The van der Waals surface area contributed by atoms with Crippen molar-refractivity contribution in [1.29, 1.82) is 5.41 Å². The minimum absolute atomic E-state index is 0.332. The number of para-hydroxylation sites is 2. The highest BCUT2D eigenvalue weighted by Crippen LogP contribution is 2.39. The third-order valence-electron chi connectivity index (χ3n) is 6.87. The van der Waals surface area contributed by atoms with Crippen LogP contribution in [0, 0.1) is 12.3 Å². The Balaban J connectivity index is 2.08. The van der Waals surface area contributed by atoms with E-state index < -0.39 is 6.04 Å². The number of nitrogens with one attached hydrogen (secondary N) is 3. The van der Waals surface area contributed by atoms with Crippen molar-refractivity contribution in [3.8, 4) is 11.1 Å². The second-order valence-electron chi connectivity index (χ2n) is 9.93. The van der Waals surface area contributed by atoms with Gasteiger partial charge < -0.3 is 21.8 Å². The molecule has 1 unspecified atom stereocenters. The number of pyridine rings is 1. The molecule has 216 valence electrons. The van der Waals surface area contributed by atoms with Crippen molar-refractivity contribution in [2.75, 3.05) is 10.6 Å². The fourth-order valence-electron chi connectivity index (χ4n) is 4.77. The third-order valence-corrected chi connectivity index (χ3v) is 6.87. The first kappa shape index (κ1) is 30.7. The SMILES string of the molecule is C=C/C=C\C(N)c1nc(Nc2ccccc2C)c(Nc2ccccc2-c2ccccc2)c(C(=N)/C=C\C)c1/C=C/C=C\C. The maximum Gasteiger partial charge on any atom is 0.155 e. The second kappa shape index (κ2) is 15.1. The van der Waals surface area contributed by atoms with Gasteiger partial charge in [-0.15, -0.1) is 0 Å². The number of aromatic nitrogens is 1. The van der Waals surface area contributed by atoms with Crippen molar-refractivity contribution in [1.82, 2.24) is 4.98 Å². The van der Waals surface area contributed by atoms with E-state index in [1.807, 2.05) is 111 Å². The van der Waals surface area contributed by atoms with Crippen molar-refractivity contribution in [2.45, 2.75) is 26.8 Å². The van der Waals surface area contributed by atoms with E-state index in [4.69, 9.17) is 10.7 Å². The predicted octanol–water partition coefficient (Wildman–Crippen LogP) is 9.82. The molecule has 4 rings (SSSR count). The van der Waals surface area contributed by atoms with Crippen molar-refractivity contribution in [3.05, 3.63) is 156 Å². The first-order chi connectivity index (χ1) is 21.0. The van der Waals surface area contributed by atoms with Crippen molar-refractivity contribution < 1.29 is 0 Å². The summed E-state index contributed by atoms with van der Waals surface area (Å²) in [5, 5.41) is 16.5. The average molecular weight is 566 g/mol. The summed E-state index contributed by atoms with van der Waals surface area (Å²) in [5.41, 5.74) is 14.8. The molecule has 0 aliphatic heterocycles. The van der Waals surface area contributed by atoms with Gasteiger partial charge in [0.15, 0.2) is 5.82 Å². The Kier molecular flexibility index (Phi) is 10.8. The molecule has 1 atom stereocenters. The maximum atomic E-state index is 9.26. The molecule has 0 fully saturated rings. The summed E-state index contributed by atoms with van der Waals surface area (Å²) in [6.07, 6.45) is 16.9. The number of aryl methyl sites for hydroxylation is 1. The first-order valence-corrected chi connectivity index (χ1v) is 14.4. The molecule has 0 aliphatic carbocycles. The molecule has 0 bridgehead atoms. The predicted molar refractivity (Wildman–Crippen MR) is 186 cm³/mol. The van der Waals surface area contributed by atoms with E-state index in [-0.39, 0.29) is 0 Å². The lowest BCUT2D eigenvalue weighted by molar-refractivity contribution is 0.860. The summed E-state index contributed by atoms with van der Waals surface area (Å²) in [4.78, 5) is 5.16. The molecule has 0 aliphatic rings. The molecule has 0 radical (unpaired) electrons. The van der Waals surface area contributed by atoms with Gasteiger partial charge in [0.25, 0.3) is 0 Å². The van der Waals surface area contributed by atoms with Gasteiger partial charge in [-0.3, -0.25) is 0 Å². The molecular weight excluding hydrogens is 526 g/mol. The molecule has 43 heavy (non-hydrogen) atoms. The minimum Gasteiger partial charge on any atom is -0.351 e. The van der Waals surface area contributed by atoms with Crippen LogP contribution in [0.5, 0.6) is 0 Å². The van der Waals surface area contributed by atoms with Crippen LogP contribution in [0.15, 0.2) is 134 Å². The van der Waals surface area contributed by atoms with Crippen molar-refractivity contribution in [3.63, 3.8) is 0 Å². The Bertz CT molecular complexity index is 1690. The molecule has 5 heteroatoms. The maximum absolute atomic E-state index is 9.26. The van der Waals surface area contributed by atoms with E-state index in [0.29, 0.717) is 28.5 Å². The van der Waals surface area contributed by atoms with Gasteiger partial charge in [0.2, 0.25) is 0 Å². The molecule has 1 aromatic heterocycles. The zero-order valence-electron chi connectivity index (χ0n) is 25.0. The highest BCUT2D eigenvalue weighted by atomic mass is 15.1. The van der Waals surface area contributed by atoms with E-state index in [0.717, 1.165) is 33.6 Å². The Morgan fingerprint density at radius 3 is 2.26 bits per heavy atom. The summed E-state index contributed by atoms with van der Waals surface area (Å²) in [6.45, 7) is 9.73. The molecule has 0 spiro atoms. The zero-order valence-corrected chi connectivity index (χ0v) is 25.0. The number of benzene rings is 3. The van der Waals surface area contributed by atoms with Crippen molar-refractivity contribution >= 4 is 34.7 Å². The number of anilines is 4. The number of nitrogens with two attached hydrogens (primary N) is 1. The van der Waals surface area contributed by atoms with Crippen LogP contribution in [0.3, 0.4) is 0 Å². The van der Waals surface area contributed by atoms with Gasteiger partial charge in [-0.1, -0.05) is 122 Å². The summed E-state index contributed by atoms with van der Waals surface area (Å²) in [7, 11) is 0. The number of rotatable bonds is 12. The van der Waals surface area contributed by atoms with Crippen LogP contribution in [-0.2, 0) is 0 Å². The monoisotopic (exact) mass is 565 g/mol. The Morgan fingerprint density at radius 2 is 1.56 bits per heavy atom. The molecule has 3 aromatic carbocycles. The highest BCUT2D eigenvalue weighted by Gasteiger charge is 2.24. The molecule has 0 amide bonds. The lowest BCUT2D eigenvalue weighted by atomic mass is 9.94. The summed E-state index contributed by atoms with van der Waals surface area (Å²) < 4.78 is 0. The second-order valence-corrected chi connectivity index (χ2v) is 9.93. The van der Waals surface area contributed by atoms with Gasteiger partial charge in [0.1, 0.15) is 0 Å². The lowest BCUT2D eigenvalue weighted by Gasteiger charge is -2.24. The molecule has 0 saturated heterocycles. The quantitative estimate of drug-likeness (QED) is 0.102. The van der Waals surface area contributed by atoms with Crippen LogP contribution in [-0.4, -0.2) is 10.7 Å². The standard InChI is InChI=1S/C38H39N5/c1-5-8-11-23-30-35(31(39)18-7-3)37(41-34-26-17-15-22-29(34)28-20-12-10-13-21-28)38(42-33-25-16-14-19-27(33)4)43-36(30)32(40)24-9-6-2/h5-26,32,39,41H,2,40H2,1,3-4H3,(H,42,43)/b8-5-,18-7-,23-11+,24-9-,39-31?. The average Bonchev–Trinajstić information content (AvgIpc) is 3.02. The first-order valence-electron chi connectivity index (χ1n) is 14.4. The topological polar surface area (TPSA) is 86.8 Å². The third kappa shape index (κ3) is 7.53. The summed E-state index contributed by atoms with van der Waals surface area (Å²) in [6, 6.07) is 26.0. The number of hydrogen-bond donors (Lipinski definition) is 4. The summed E-state index contributed by atoms with van der Waals surface area (Å²) >= 11 is 0. The van der Waals surface area contributed by atoms with Crippen LogP contribution in [0.2, 0.25) is 0 Å². The highest BCUT2D eigenvalue weighted by molar-refractivity contribution is 6.15. The van der Waals surface area contributed by atoms with Crippen LogP contribution >= 0.6 is 0 Å². The largest absolute Gasteiger partial charge is 0.351 e. The Labute approximate surface area is 255 Å².